The minimum atomic E-state index is -0.331. The summed E-state index contributed by atoms with van der Waals surface area (Å²) < 4.78 is 5.77. The van der Waals surface area contributed by atoms with Gasteiger partial charge in [0.1, 0.15) is 23.0 Å². The highest BCUT2D eigenvalue weighted by Crippen LogP contribution is 2.23. The van der Waals surface area contributed by atoms with Gasteiger partial charge >= 0.3 is 6.03 Å². The lowest BCUT2D eigenvalue weighted by molar-refractivity contribution is 0.0958. The molecule has 2 aromatic heterocycles. The third-order valence-corrected chi connectivity index (χ3v) is 4.40. The summed E-state index contributed by atoms with van der Waals surface area (Å²) in [5.41, 5.74) is 1.95. The molecule has 0 fully saturated rings. The molecular weight excluding hydrogens is 396 g/mol. The van der Waals surface area contributed by atoms with Gasteiger partial charge in [0.25, 0.3) is 5.91 Å². The molecule has 1 aromatic carbocycles. The molecule has 0 atom stereocenters. The van der Waals surface area contributed by atoms with Crippen molar-refractivity contribution in [2.75, 3.05) is 12.4 Å². The lowest BCUT2D eigenvalue weighted by Crippen LogP contribution is -2.28. The average molecular weight is 422 g/mol. The number of pyridine rings is 1. The van der Waals surface area contributed by atoms with Crippen molar-refractivity contribution in [1.29, 1.82) is 0 Å². The van der Waals surface area contributed by atoms with Gasteiger partial charge in [-0.3, -0.25) is 20.2 Å². The molecule has 0 aliphatic heterocycles. The molecule has 162 valence electrons. The molecule has 0 unspecified atom stereocenters. The van der Waals surface area contributed by atoms with Crippen molar-refractivity contribution in [2.24, 2.45) is 0 Å². The van der Waals surface area contributed by atoms with Crippen molar-refractivity contribution >= 4 is 17.8 Å². The largest absolute Gasteiger partial charge is 0.457 e. The van der Waals surface area contributed by atoms with E-state index in [9.17, 15) is 9.59 Å². The van der Waals surface area contributed by atoms with Gasteiger partial charge in [0.05, 0.1) is 5.69 Å². The molecule has 0 bridgehead atoms. The number of hydrogen-bond donors (Lipinski definition) is 4. The summed E-state index contributed by atoms with van der Waals surface area (Å²) in [6, 6.07) is 12.0. The summed E-state index contributed by atoms with van der Waals surface area (Å²) in [6.45, 7) is 6.50. The zero-order valence-corrected chi connectivity index (χ0v) is 17.9. The molecule has 0 aliphatic carbocycles. The Labute approximate surface area is 180 Å². The highest BCUT2D eigenvalue weighted by Gasteiger charge is 2.17. The number of benzene rings is 1. The van der Waals surface area contributed by atoms with E-state index in [0.29, 0.717) is 23.9 Å². The molecule has 0 saturated carbocycles. The van der Waals surface area contributed by atoms with Gasteiger partial charge in [0.2, 0.25) is 0 Å². The van der Waals surface area contributed by atoms with E-state index in [2.05, 4.69) is 51.9 Å². The molecule has 2 heterocycles. The number of ether oxygens (including phenoxy) is 1. The van der Waals surface area contributed by atoms with E-state index in [4.69, 9.17) is 4.74 Å². The van der Waals surface area contributed by atoms with Crippen LogP contribution in [-0.2, 0) is 12.0 Å². The molecular formula is C22H26N6O3. The van der Waals surface area contributed by atoms with Gasteiger partial charge in [-0.25, -0.2) is 4.79 Å². The second-order valence-electron chi connectivity index (χ2n) is 7.93. The van der Waals surface area contributed by atoms with Crippen LogP contribution in [0.25, 0.3) is 0 Å². The van der Waals surface area contributed by atoms with Crippen molar-refractivity contribution in [2.45, 2.75) is 32.7 Å². The molecule has 0 radical (unpaired) electrons. The van der Waals surface area contributed by atoms with Crippen LogP contribution in [0.3, 0.4) is 0 Å². The number of aromatic amines is 1. The summed E-state index contributed by atoms with van der Waals surface area (Å²) in [6.07, 6.45) is 1.51. The van der Waals surface area contributed by atoms with Crippen LogP contribution in [0.2, 0.25) is 0 Å². The Hall–Kier alpha value is -3.88. The fourth-order valence-electron chi connectivity index (χ4n) is 2.66. The maximum Gasteiger partial charge on any atom is 0.320 e. The molecule has 3 rings (SSSR count). The molecule has 0 spiro atoms. The highest BCUT2D eigenvalue weighted by atomic mass is 16.5. The zero-order valence-electron chi connectivity index (χ0n) is 17.9. The molecule has 0 saturated heterocycles. The van der Waals surface area contributed by atoms with Crippen LogP contribution in [0.4, 0.5) is 10.6 Å². The predicted molar refractivity (Wildman–Crippen MR) is 117 cm³/mol. The van der Waals surface area contributed by atoms with E-state index in [0.717, 1.165) is 11.3 Å². The third-order valence-electron chi connectivity index (χ3n) is 4.40. The number of anilines is 1. The van der Waals surface area contributed by atoms with Gasteiger partial charge in [-0.2, -0.15) is 5.10 Å². The number of H-pyrrole nitrogens is 1. The lowest BCUT2D eigenvalue weighted by atomic mass is 9.92. The second-order valence-corrected chi connectivity index (χ2v) is 7.93. The highest BCUT2D eigenvalue weighted by molar-refractivity contribution is 5.92. The molecule has 9 heteroatoms. The topological polar surface area (TPSA) is 121 Å². The number of aromatic nitrogens is 3. The van der Waals surface area contributed by atoms with Crippen molar-refractivity contribution in [3.63, 3.8) is 0 Å². The lowest BCUT2D eigenvalue weighted by Gasteiger charge is -2.13. The van der Waals surface area contributed by atoms with E-state index in [1.54, 1.807) is 31.3 Å². The van der Waals surface area contributed by atoms with Gasteiger partial charge in [-0.1, -0.05) is 32.9 Å². The molecule has 31 heavy (non-hydrogen) atoms. The molecule has 0 aliphatic rings. The Kier molecular flexibility index (Phi) is 6.54. The van der Waals surface area contributed by atoms with E-state index in [-0.39, 0.29) is 23.0 Å². The first kappa shape index (κ1) is 21.8. The number of carbonyl (C=O) groups is 2. The van der Waals surface area contributed by atoms with Crippen LogP contribution in [0.15, 0.2) is 48.7 Å². The smallest absolute Gasteiger partial charge is 0.320 e. The number of amides is 3. The number of hydrogen-bond acceptors (Lipinski definition) is 5. The Morgan fingerprint density at radius 3 is 2.45 bits per heavy atom. The quantitative estimate of drug-likeness (QED) is 0.484. The van der Waals surface area contributed by atoms with E-state index in [1.807, 2.05) is 18.2 Å². The number of carbonyl (C=O) groups excluding carboxylic acids is 2. The fraction of sp³-hybridized carbons (Fsp3) is 0.273. The maximum atomic E-state index is 12.1. The Morgan fingerprint density at radius 2 is 1.81 bits per heavy atom. The van der Waals surface area contributed by atoms with Gasteiger partial charge in [0.15, 0.2) is 0 Å². The number of nitrogens with zero attached hydrogens (tertiary/aromatic N) is 2. The number of urea groups is 1. The first-order chi connectivity index (χ1) is 14.7. The van der Waals surface area contributed by atoms with Crippen LogP contribution >= 0.6 is 0 Å². The SMILES string of the molecule is CNC(=O)c1cc(Oc2ccc(CNC(=O)Nc3cc(C(C)(C)C)n[nH]3)cc2)ccn1. The summed E-state index contributed by atoms with van der Waals surface area (Å²) in [5, 5.41) is 15.1. The van der Waals surface area contributed by atoms with Crippen LogP contribution < -0.4 is 20.7 Å². The van der Waals surface area contributed by atoms with E-state index in [1.165, 1.54) is 6.20 Å². The van der Waals surface area contributed by atoms with Crippen molar-refractivity contribution < 1.29 is 14.3 Å². The predicted octanol–water partition coefficient (Wildman–Crippen LogP) is 3.58. The minimum Gasteiger partial charge on any atom is -0.457 e. The number of nitrogens with one attached hydrogen (secondary N) is 4. The summed E-state index contributed by atoms with van der Waals surface area (Å²) in [7, 11) is 1.54. The third kappa shape index (κ3) is 6.05. The fourth-order valence-corrected chi connectivity index (χ4v) is 2.66. The van der Waals surface area contributed by atoms with Crippen LogP contribution in [0.5, 0.6) is 11.5 Å². The maximum absolute atomic E-state index is 12.1. The average Bonchev–Trinajstić information content (AvgIpc) is 3.22. The zero-order chi connectivity index (χ0) is 22.4. The van der Waals surface area contributed by atoms with Gasteiger partial charge in [-0.15, -0.1) is 0 Å². The first-order valence-corrected chi connectivity index (χ1v) is 9.80. The number of rotatable bonds is 6. The Morgan fingerprint density at radius 1 is 1.06 bits per heavy atom. The molecule has 3 aromatic rings. The molecule has 9 nitrogen and oxygen atoms in total. The van der Waals surface area contributed by atoms with Gasteiger partial charge < -0.3 is 15.4 Å². The monoisotopic (exact) mass is 422 g/mol. The standard InChI is InChI=1S/C22H26N6O3/c1-22(2,3)18-12-19(28-27-18)26-21(30)25-13-14-5-7-15(8-6-14)31-16-9-10-24-17(11-16)20(29)23-4/h5-12H,13H2,1-4H3,(H,23,29)(H3,25,26,27,28,30). The molecule has 4 N–H and O–H groups in total. The van der Waals surface area contributed by atoms with Crippen LogP contribution in [-0.4, -0.2) is 34.2 Å². The summed E-state index contributed by atoms with van der Waals surface area (Å²) in [4.78, 5) is 27.8. The van der Waals surface area contributed by atoms with Gasteiger partial charge in [-0.05, 0) is 23.8 Å². The van der Waals surface area contributed by atoms with Crippen molar-refractivity contribution in [3.8, 4) is 11.5 Å². The van der Waals surface area contributed by atoms with Crippen LogP contribution in [0.1, 0.15) is 42.5 Å². The Bertz CT molecular complexity index is 1050. The van der Waals surface area contributed by atoms with Gasteiger partial charge in [0, 0.05) is 37.3 Å². The van der Waals surface area contributed by atoms with E-state index < -0.39 is 0 Å². The summed E-state index contributed by atoms with van der Waals surface area (Å²) in [5.74, 6) is 1.37. The minimum absolute atomic E-state index is 0.100. The summed E-state index contributed by atoms with van der Waals surface area (Å²) >= 11 is 0. The normalized spacial score (nSPS) is 11.0. The second kappa shape index (κ2) is 9.29. The van der Waals surface area contributed by atoms with Crippen molar-refractivity contribution in [3.05, 3.63) is 65.6 Å². The van der Waals surface area contributed by atoms with Crippen molar-refractivity contribution in [1.82, 2.24) is 25.8 Å². The Balaban J connectivity index is 1.52. The molecule has 3 amide bonds. The van der Waals surface area contributed by atoms with E-state index >= 15 is 0 Å². The first-order valence-electron chi connectivity index (χ1n) is 9.80. The van der Waals surface area contributed by atoms with Crippen LogP contribution in [0, 0.1) is 0 Å².